The SMILES string of the molecule is CC.CCc1cccc(C(=O)NC(N)=NCC2CCCNC2)c1CCc1cc(Br)ccc1C. The van der Waals surface area contributed by atoms with Crippen LogP contribution in [0.1, 0.15) is 66.2 Å². The van der Waals surface area contributed by atoms with Crippen molar-refractivity contribution in [2.75, 3.05) is 19.6 Å². The van der Waals surface area contributed by atoms with Crippen LogP contribution in [-0.4, -0.2) is 31.5 Å². The maximum Gasteiger partial charge on any atom is 0.258 e. The second kappa shape index (κ2) is 14.2. The topological polar surface area (TPSA) is 79.5 Å². The highest BCUT2D eigenvalue weighted by Crippen LogP contribution is 2.22. The van der Waals surface area contributed by atoms with Crippen LogP contribution in [0.4, 0.5) is 0 Å². The monoisotopic (exact) mass is 514 g/mol. The Balaban J connectivity index is 0.00000187. The van der Waals surface area contributed by atoms with E-state index in [4.69, 9.17) is 5.73 Å². The lowest BCUT2D eigenvalue weighted by molar-refractivity contribution is 0.0975. The Morgan fingerprint density at radius 3 is 2.70 bits per heavy atom. The van der Waals surface area contributed by atoms with Gasteiger partial charge in [0, 0.05) is 16.6 Å². The molecule has 1 heterocycles. The van der Waals surface area contributed by atoms with Crippen LogP contribution in [-0.2, 0) is 19.3 Å². The van der Waals surface area contributed by atoms with Crippen LogP contribution in [0.15, 0.2) is 45.9 Å². The summed E-state index contributed by atoms with van der Waals surface area (Å²) in [6.45, 7) is 10.9. The summed E-state index contributed by atoms with van der Waals surface area (Å²) in [4.78, 5) is 17.5. The third-order valence-corrected chi connectivity index (χ3v) is 6.51. The Labute approximate surface area is 207 Å². The van der Waals surface area contributed by atoms with Gasteiger partial charge in [0.2, 0.25) is 0 Å². The molecule has 0 saturated carbocycles. The van der Waals surface area contributed by atoms with E-state index in [1.165, 1.54) is 16.7 Å². The highest BCUT2D eigenvalue weighted by molar-refractivity contribution is 9.10. The van der Waals surface area contributed by atoms with Gasteiger partial charge in [-0.2, -0.15) is 0 Å². The number of nitrogens with zero attached hydrogens (tertiary/aromatic N) is 1. The minimum absolute atomic E-state index is 0.181. The highest BCUT2D eigenvalue weighted by atomic mass is 79.9. The van der Waals surface area contributed by atoms with Crippen molar-refractivity contribution in [2.24, 2.45) is 16.6 Å². The van der Waals surface area contributed by atoms with E-state index in [-0.39, 0.29) is 11.9 Å². The first-order valence-corrected chi connectivity index (χ1v) is 12.9. The van der Waals surface area contributed by atoms with Crippen LogP contribution in [0.2, 0.25) is 0 Å². The number of benzene rings is 2. The van der Waals surface area contributed by atoms with Gasteiger partial charge in [0.05, 0.1) is 0 Å². The number of amides is 1. The molecule has 1 fully saturated rings. The van der Waals surface area contributed by atoms with Gasteiger partial charge in [0.15, 0.2) is 5.96 Å². The smallest absolute Gasteiger partial charge is 0.258 e. The molecule has 2 aromatic carbocycles. The molecule has 1 aliphatic heterocycles. The van der Waals surface area contributed by atoms with Gasteiger partial charge in [0.1, 0.15) is 0 Å². The normalized spacial score (nSPS) is 16.0. The summed E-state index contributed by atoms with van der Waals surface area (Å²) >= 11 is 3.56. The van der Waals surface area contributed by atoms with E-state index in [9.17, 15) is 4.79 Å². The number of aliphatic imine (C=N–C) groups is 1. The second-order valence-electron chi connectivity index (χ2n) is 8.26. The van der Waals surface area contributed by atoms with Crippen molar-refractivity contribution in [3.05, 3.63) is 68.7 Å². The number of nitrogens with one attached hydrogen (secondary N) is 2. The summed E-state index contributed by atoms with van der Waals surface area (Å²) in [5, 5.41) is 6.19. The largest absolute Gasteiger partial charge is 0.370 e. The molecule has 1 aliphatic rings. The molecule has 0 bridgehead atoms. The lowest BCUT2D eigenvalue weighted by atomic mass is 9.92. The third-order valence-electron chi connectivity index (χ3n) is 6.01. The minimum atomic E-state index is -0.181. The molecule has 5 nitrogen and oxygen atoms in total. The number of halogens is 1. The number of guanidine groups is 1. The van der Waals surface area contributed by atoms with Gasteiger partial charge in [-0.25, -0.2) is 0 Å². The zero-order valence-electron chi connectivity index (χ0n) is 20.5. The van der Waals surface area contributed by atoms with E-state index in [0.717, 1.165) is 55.2 Å². The number of carbonyl (C=O) groups excluding carboxylic acids is 1. The van der Waals surface area contributed by atoms with Crippen molar-refractivity contribution in [1.82, 2.24) is 10.6 Å². The first-order chi connectivity index (χ1) is 16.0. The Morgan fingerprint density at radius 1 is 1.21 bits per heavy atom. The van der Waals surface area contributed by atoms with Gasteiger partial charge in [-0.3, -0.25) is 15.1 Å². The maximum absolute atomic E-state index is 13.0. The molecule has 1 atom stereocenters. The Morgan fingerprint density at radius 2 is 2.00 bits per heavy atom. The van der Waals surface area contributed by atoms with Gasteiger partial charge in [-0.05, 0) is 98.5 Å². The standard InChI is InChI=1S/C25H33BrN4O.C2H6/c1-3-19-7-4-8-23(22(19)12-10-20-14-21(26)11-9-17(20)2)24(31)30-25(27)29-16-18-6-5-13-28-15-18;1-2/h4,7-9,11,14,18,28H,3,5-6,10,12-13,15-16H2,1-2H3,(H3,27,29,30,31);1-2H3. The molecule has 1 unspecified atom stereocenters. The van der Waals surface area contributed by atoms with E-state index >= 15 is 0 Å². The fraction of sp³-hybridized carbons (Fsp3) is 0.481. The molecule has 1 amide bonds. The first-order valence-electron chi connectivity index (χ1n) is 12.2. The Kier molecular flexibility index (Phi) is 11.6. The summed E-state index contributed by atoms with van der Waals surface area (Å²) in [7, 11) is 0. The van der Waals surface area contributed by atoms with E-state index in [2.05, 4.69) is 69.7 Å². The predicted molar refractivity (Wildman–Crippen MR) is 143 cm³/mol. The van der Waals surface area contributed by atoms with Crippen LogP contribution in [0.5, 0.6) is 0 Å². The number of rotatable bonds is 7. The Bertz CT molecular complexity index is 936. The minimum Gasteiger partial charge on any atom is -0.370 e. The summed E-state index contributed by atoms with van der Waals surface area (Å²) < 4.78 is 1.08. The molecule has 6 heteroatoms. The molecule has 180 valence electrons. The van der Waals surface area contributed by atoms with Crippen molar-refractivity contribution in [1.29, 1.82) is 0 Å². The van der Waals surface area contributed by atoms with Crippen LogP contribution >= 0.6 is 15.9 Å². The van der Waals surface area contributed by atoms with Gasteiger partial charge in [0.25, 0.3) is 5.91 Å². The van der Waals surface area contributed by atoms with E-state index < -0.39 is 0 Å². The number of hydrogen-bond acceptors (Lipinski definition) is 3. The van der Waals surface area contributed by atoms with Crippen molar-refractivity contribution in [2.45, 2.75) is 59.8 Å². The summed E-state index contributed by atoms with van der Waals surface area (Å²) in [6, 6.07) is 12.3. The summed E-state index contributed by atoms with van der Waals surface area (Å²) in [6.07, 6.45) is 4.87. The molecule has 0 spiro atoms. The lowest BCUT2D eigenvalue weighted by Crippen LogP contribution is -2.38. The third kappa shape index (κ3) is 8.27. The lowest BCUT2D eigenvalue weighted by Gasteiger charge is -2.21. The van der Waals surface area contributed by atoms with Crippen LogP contribution < -0.4 is 16.4 Å². The van der Waals surface area contributed by atoms with Crippen molar-refractivity contribution in [3.63, 3.8) is 0 Å². The second-order valence-corrected chi connectivity index (χ2v) is 9.18. The van der Waals surface area contributed by atoms with Crippen LogP contribution in [0.25, 0.3) is 0 Å². The Hall–Kier alpha value is -2.18. The van der Waals surface area contributed by atoms with Gasteiger partial charge in [-0.15, -0.1) is 0 Å². The molecule has 0 aliphatic carbocycles. The van der Waals surface area contributed by atoms with E-state index in [0.29, 0.717) is 18.0 Å². The number of hydrogen-bond donors (Lipinski definition) is 3. The zero-order valence-corrected chi connectivity index (χ0v) is 22.1. The summed E-state index contributed by atoms with van der Waals surface area (Å²) in [5.41, 5.74) is 11.6. The number of piperidine rings is 1. The van der Waals surface area contributed by atoms with Crippen molar-refractivity contribution < 1.29 is 4.79 Å². The molecule has 1 saturated heterocycles. The molecule has 3 rings (SSSR count). The zero-order chi connectivity index (χ0) is 24.2. The van der Waals surface area contributed by atoms with Gasteiger partial charge < -0.3 is 11.1 Å². The number of aryl methyl sites for hydroxylation is 3. The van der Waals surface area contributed by atoms with E-state index in [1.54, 1.807) is 0 Å². The quantitative estimate of drug-likeness (QED) is 0.352. The fourth-order valence-corrected chi connectivity index (χ4v) is 4.58. The van der Waals surface area contributed by atoms with Crippen molar-refractivity contribution in [3.8, 4) is 0 Å². The summed E-state index contributed by atoms with van der Waals surface area (Å²) in [5.74, 6) is 0.502. The average Bonchev–Trinajstić information content (AvgIpc) is 2.85. The number of nitrogens with two attached hydrogens (primary N) is 1. The molecule has 4 N–H and O–H groups in total. The highest BCUT2D eigenvalue weighted by Gasteiger charge is 2.16. The fourth-order valence-electron chi connectivity index (χ4n) is 4.17. The molecule has 2 aromatic rings. The predicted octanol–water partition coefficient (Wildman–Crippen LogP) is 5.18. The van der Waals surface area contributed by atoms with E-state index in [1.807, 2.05) is 26.0 Å². The van der Waals surface area contributed by atoms with Crippen molar-refractivity contribution >= 4 is 27.8 Å². The first kappa shape index (κ1) is 27.1. The number of carbonyl (C=O) groups is 1. The molecule has 0 radical (unpaired) electrons. The molecule has 33 heavy (non-hydrogen) atoms. The maximum atomic E-state index is 13.0. The van der Waals surface area contributed by atoms with Crippen LogP contribution in [0, 0.1) is 12.8 Å². The van der Waals surface area contributed by atoms with Gasteiger partial charge in [-0.1, -0.05) is 54.9 Å². The molecular weight excluding hydrogens is 476 g/mol. The molecular formula is C27H39BrN4O. The molecule has 0 aromatic heterocycles. The van der Waals surface area contributed by atoms with Gasteiger partial charge >= 0.3 is 0 Å². The average molecular weight is 516 g/mol. The van der Waals surface area contributed by atoms with Crippen LogP contribution in [0.3, 0.4) is 0 Å².